The van der Waals surface area contributed by atoms with Crippen molar-refractivity contribution in [3.63, 3.8) is 0 Å². The summed E-state index contributed by atoms with van der Waals surface area (Å²) >= 11 is 1.90. The van der Waals surface area contributed by atoms with Crippen LogP contribution in [0.25, 0.3) is 0 Å². The van der Waals surface area contributed by atoms with Crippen LogP contribution in [0.4, 0.5) is 0 Å². The smallest absolute Gasteiger partial charge is 0.241 e. The molecule has 0 aliphatic carbocycles. The van der Waals surface area contributed by atoms with Gasteiger partial charge in [-0.3, -0.25) is 14.9 Å². The van der Waals surface area contributed by atoms with Crippen molar-refractivity contribution in [1.82, 2.24) is 15.5 Å². The Morgan fingerprint density at radius 1 is 1.56 bits per heavy atom. The van der Waals surface area contributed by atoms with E-state index in [1.807, 2.05) is 16.7 Å². The molecule has 2 rings (SSSR count). The van der Waals surface area contributed by atoms with E-state index in [2.05, 4.69) is 17.6 Å². The Balaban J connectivity index is 1.89. The van der Waals surface area contributed by atoms with Crippen LogP contribution in [-0.4, -0.2) is 59.9 Å². The van der Waals surface area contributed by atoms with E-state index in [1.54, 1.807) is 0 Å². The van der Waals surface area contributed by atoms with E-state index in [0.717, 1.165) is 18.8 Å². The van der Waals surface area contributed by atoms with E-state index in [1.165, 1.54) is 0 Å². The lowest BCUT2D eigenvalue weighted by Gasteiger charge is -2.34. The Kier molecular flexibility index (Phi) is 3.70. The van der Waals surface area contributed by atoms with Crippen LogP contribution in [0.5, 0.6) is 0 Å². The summed E-state index contributed by atoms with van der Waals surface area (Å²) < 4.78 is 0. The second-order valence-corrected chi connectivity index (χ2v) is 5.75. The summed E-state index contributed by atoms with van der Waals surface area (Å²) in [4.78, 5) is 25.0. The van der Waals surface area contributed by atoms with Crippen molar-refractivity contribution in [2.45, 2.75) is 18.2 Å². The zero-order valence-corrected chi connectivity index (χ0v) is 10.2. The first-order valence-corrected chi connectivity index (χ1v) is 6.62. The monoisotopic (exact) mass is 243 g/mol. The SMILES string of the molecule is CC1CN(C(=O)C2CNC(=O)CN2)CCS1. The standard InChI is InChI=1S/C10H17N3O2S/c1-7-6-13(2-3-16-7)10(15)8-4-12-9(14)5-11-8/h7-8,11H,2-6H2,1H3,(H,12,14). The van der Waals surface area contributed by atoms with Gasteiger partial charge in [0.15, 0.2) is 0 Å². The van der Waals surface area contributed by atoms with Crippen LogP contribution in [0.15, 0.2) is 0 Å². The minimum absolute atomic E-state index is 0.0355. The van der Waals surface area contributed by atoms with E-state index < -0.39 is 0 Å². The van der Waals surface area contributed by atoms with Crippen LogP contribution in [-0.2, 0) is 9.59 Å². The van der Waals surface area contributed by atoms with Gasteiger partial charge in [0.05, 0.1) is 6.54 Å². The molecule has 0 bridgehead atoms. The van der Waals surface area contributed by atoms with E-state index >= 15 is 0 Å². The molecule has 2 saturated heterocycles. The third-order valence-electron chi connectivity index (χ3n) is 2.86. The van der Waals surface area contributed by atoms with Crippen molar-refractivity contribution in [2.75, 3.05) is 31.9 Å². The predicted octanol–water partition coefficient (Wildman–Crippen LogP) is -0.962. The van der Waals surface area contributed by atoms with Gasteiger partial charge in [-0.15, -0.1) is 0 Å². The van der Waals surface area contributed by atoms with Crippen LogP contribution in [0.3, 0.4) is 0 Å². The van der Waals surface area contributed by atoms with Gasteiger partial charge in [-0.25, -0.2) is 0 Å². The highest BCUT2D eigenvalue weighted by Crippen LogP contribution is 2.18. The first kappa shape index (κ1) is 11.7. The summed E-state index contributed by atoms with van der Waals surface area (Å²) in [5.41, 5.74) is 0. The average Bonchev–Trinajstić information content (AvgIpc) is 2.29. The number of amides is 2. The first-order chi connectivity index (χ1) is 7.66. The molecule has 90 valence electrons. The van der Waals surface area contributed by atoms with Crippen molar-refractivity contribution >= 4 is 23.6 Å². The number of nitrogens with one attached hydrogen (secondary N) is 2. The number of piperazine rings is 1. The quantitative estimate of drug-likeness (QED) is 0.622. The molecule has 2 aliphatic heterocycles. The van der Waals surface area contributed by atoms with Crippen molar-refractivity contribution in [2.24, 2.45) is 0 Å². The molecule has 6 heteroatoms. The maximum absolute atomic E-state index is 12.1. The van der Waals surface area contributed by atoms with Gasteiger partial charge in [-0.05, 0) is 0 Å². The van der Waals surface area contributed by atoms with Gasteiger partial charge in [0.25, 0.3) is 0 Å². The van der Waals surface area contributed by atoms with Gasteiger partial charge in [0.2, 0.25) is 11.8 Å². The highest BCUT2D eigenvalue weighted by molar-refractivity contribution is 7.99. The van der Waals surface area contributed by atoms with E-state index in [-0.39, 0.29) is 24.4 Å². The molecule has 0 aromatic rings. The minimum atomic E-state index is -0.243. The molecular weight excluding hydrogens is 226 g/mol. The Morgan fingerprint density at radius 3 is 3.00 bits per heavy atom. The topological polar surface area (TPSA) is 61.4 Å². The van der Waals surface area contributed by atoms with Gasteiger partial charge in [-0.2, -0.15) is 11.8 Å². The molecule has 0 radical (unpaired) electrons. The third kappa shape index (κ3) is 2.68. The largest absolute Gasteiger partial charge is 0.353 e. The van der Waals surface area contributed by atoms with Gasteiger partial charge in [0.1, 0.15) is 6.04 Å². The Labute approximate surface area is 99.3 Å². The van der Waals surface area contributed by atoms with Gasteiger partial charge >= 0.3 is 0 Å². The molecule has 16 heavy (non-hydrogen) atoms. The lowest BCUT2D eigenvalue weighted by Crippen LogP contribution is -2.59. The van der Waals surface area contributed by atoms with Crippen LogP contribution < -0.4 is 10.6 Å². The molecule has 2 fully saturated rings. The number of thioether (sulfide) groups is 1. The number of nitrogens with zero attached hydrogens (tertiary/aromatic N) is 1. The van der Waals surface area contributed by atoms with Crippen LogP contribution in [0.2, 0.25) is 0 Å². The fourth-order valence-corrected chi connectivity index (χ4v) is 2.99. The molecule has 5 nitrogen and oxygen atoms in total. The Morgan fingerprint density at radius 2 is 2.38 bits per heavy atom. The van der Waals surface area contributed by atoms with E-state index in [9.17, 15) is 9.59 Å². The number of hydrogen-bond donors (Lipinski definition) is 2. The highest BCUT2D eigenvalue weighted by atomic mass is 32.2. The summed E-state index contributed by atoms with van der Waals surface area (Å²) in [5.74, 6) is 1.09. The van der Waals surface area contributed by atoms with E-state index in [0.29, 0.717) is 11.8 Å². The fourth-order valence-electron chi connectivity index (χ4n) is 1.98. The fraction of sp³-hybridized carbons (Fsp3) is 0.800. The molecule has 0 spiro atoms. The second-order valence-electron chi connectivity index (χ2n) is 4.20. The van der Waals surface area contributed by atoms with Gasteiger partial charge in [0, 0.05) is 30.6 Å². The second kappa shape index (κ2) is 5.05. The Hall–Kier alpha value is -0.750. The summed E-state index contributed by atoms with van der Waals surface area (Å²) in [7, 11) is 0. The predicted molar refractivity (Wildman–Crippen MR) is 63.3 cm³/mol. The van der Waals surface area contributed by atoms with Crippen molar-refractivity contribution in [1.29, 1.82) is 0 Å². The Bertz CT molecular complexity index is 288. The molecule has 2 heterocycles. The van der Waals surface area contributed by atoms with Crippen molar-refractivity contribution in [3.8, 4) is 0 Å². The third-order valence-corrected chi connectivity index (χ3v) is 4.00. The number of carbonyl (C=O) groups excluding carboxylic acids is 2. The lowest BCUT2D eigenvalue weighted by molar-refractivity contribution is -0.134. The van der Waals surface area contributed by atoms with Crippen molar-refractivity contribution in [3.05, 3.63) is 0 Å². The molecule has 0 aromatic carbocycles. The van der Waals surface area contributed by atoms with Crippen LogP contribution in [0.1, 0.15) is 6.92 Å². The van der Waals surface area contributed by atoms with Gasteiger partial charge < -0.3 is 10.2 Å². The molecule has 2 N–H and O–H groups in total. The van der Waals surface area contributed by atoms with Crippen LogP contribution in [0, 0.1) is 0 Å². The number of carbonyl (C=O) groups is 2. The molecule has 2 unspecified atom stereocenters. The normalized spacial score (nSPS) is 31.1. The number of rotatable bonds is 1. The highest BCUT2D eigenvalue weighted by Gasteiger charge is 2.30. The first-order valence-electron chi connectivity index (χ1n) is 5.57. The molecular formula is C10H17N3O2S. The van der Waals surface area contributed by atoms with Crippen LogP contribution >= 0.6 is 11.8 Å². The molecule has 0 saturated carbocycles. The summed E-state index contributed by atoms with van der Waals surface area (Å²) in [6.45, 7) is 4.43. The number of hydrogen-bond acceptors (Lipinski definition) is 4. The maximum Gasteiger partial charge on any atom is 0.241 e. The zero-order chi connectivity index (χ0) is 11.5. The summed E-state index contributed by atoms with van der Waals surface area (Å²) in [6.07, 6.45) is 0. The van der Waals surface area contributed by atoms with Crippen molar-refractivity contribution < 1.29 is 9.59 Å². The lowest BCUT2D eigenvalue weighted by atomic mass is 10.2. The molecule has 2 atom stereocenters. The van der Waals surface area contributed by atoms with E-state index in [4.69, 9.17) is 0 Å². The van der Waals surface area contributed by atoms with Gasteiger partial charge in [-0.1, -0.05) is 6.92 Å². The zero-order valence-electron chi connectivity index (χ0n) is 9.36. The molecule has 0 aromatic heterocycles. The average molecular weight is 243 g/mol. The summed E-state index contributed by atoms with van der Waals surface area (Å²) in [6, 6.07) is -0.243. The summed E-state index contributed by atoms with van der Waals surface area (Å²) in [5, 5.41) is 6.19. The maximum atomic E-state index is 12.1. The molecule has 2 amide bonds. The minimum Gasteiger partial charge on any atom is -0.353 e. The molecule has 2 aliphatic rings.